The van der Waals surface area contributed by atoms with Gasteiger partial charge in [-0.1, -0.05) is 35.9 Å². The van der Waals surface area contributed by atoms with Gasteiger partial charge < -0.3 is 10.2 Å². The molecule has 0 atom stereocenters. The maximum atomic E-state index is 12.5. The molecule has 1 heterocycles. The van der Waals surface area contributed by atoms with Crippen molar-refractivity contribution in [3.63, 3.8) is 0 Å². The number of hydrogen-bond donors (Lipinski definition) is 2. The first-order valence-corrected chi connectivity index (χ1v) is 10.1. The van der Waals surface area contributed by atoms with Gasteiger partial charge in [-0.25, -0.2) is 17.9 Å². The van der Waals surface area contributed by atoms with E-state index in [-0.39, 0.29) is 17.3 Å². The van der Waals surface area contributed by atoms with E-state index in [0.29, 0.717) is 6.54 Å². The van der Waals surface area contributed by atoms with Crippen LogP contribution in [-0.4, -0.2) is 33.4 Å². The molecule has 0 aliphatic carbocycles. The van der Waals surface area contributed by atoms with Gasteiger partial charge in [-0.05, 0) is 43.5 Å². The van der Waals surface area contributed by atoms with Gasteiger partial charge in [0, 0.05) is 12.2 Å². The second-order valence-electron chi connectivity index (χ2n) is 6.38. The normalized spacial score (nSPS) is 13.6. The topological polar surface area (TPSA) is 95.6 Å². The molecule has 2 aromatic carbocycles. The number of aryl methyl sites for hydroxylation is 2. The van der Waals surface area contributed by atoms with Crippen molar-refractivity contribution in [1.82, 2.24) is 10.0 Å². The van der Waals surface area contributed by atoms with Gasteiger partial charge in [0.1, 0.15) is 0 Å². The second-order valence-corrected chi connectivity index (χ2v) is 8.06. The molecule has 1 aliphatic heterocycles. The Morgan fingerprint density at radius 3 is 2.52 bits per heavy atom. The highest BCUT2D eigenvalue weighted by Crippen LogP contribution is 2.26. The fraction of sp³-hybridized carbons (Fsp3) is 0.263. The Morgan fingerprint density at radius 2 is 1.78 bits per heavy atom. The fourth-order valence-corrected chi connectivity index (χ4v) is 3.91. The third kappa shape index (κ3) is 4.46. The zero-order valence-electron chi connectivity index (χ0n) is 14.9. The van der Waals surface area contributed by atoms with Gasteiger partial charge in [-0.2, -0.15) is 0 Å². The fourth-order valence-electron chi connectivity index (χ4n) is 2.98. The number of sulfonamides is 1. The largest absolute Gasteiger partial charge is 0.329 e. The summed E-state index contributed by atoms with van der Waals surface area (Å²) in [6.07, 6.45) is 1.75. The van der Waals surface area contributed by atoms with E-state index in [1.807, 2.05) is 35.9 Å². The number of anilines is 1. The lowest BCUT2D eigenvalue weighted by Crippen LogP contribution is -2.46. The van der Waals surface area contributed by atoms with Crippen LogP contribution >= 0.6 is 0 Å². The molecular formula is C19H21N3O4S. The SMILES string of the molecule is Cc1ccc(S(=O)(=O)NC(=O)NCC(=O)N2CCCc3ccccc32)cc1. The number of hydrogen-bond acceptors (Lipinski definition) is 4. The molecule has 142 valence electrons. The van der Waals surface area contributed by atoms with E-state index in [4.69, 9.17) is 0 Å². The van der Waals surface area contributed by atoms with Crippen molar-refractivity contribution >= 4 is 27.6 Å². The quantitative estimate of drug-likeness (QED) is 0.838. The lowest BCUT2D eigenvalue weighted by Gasteiger charge is -2.29. The van der Waals surface area contributed by atoms with E-state index in [9.17, 15) is 18.0 Å². The minimum absolute atomic E-state index is 0.0143. The Hall–Kier alpha value is -2.87. The summed E-state index contributed by atoms with van der Waals surface area (Å²) < 4.78 is 26.3. The second kappa shape index (κ2) is 7.79. The molecule has 0 fully saturated rings. The minimum Gasteiger partial charge on any atom is -0.328 e. The molecule has 1 aliphatic rings. The summed E-state index contributed by atoms with van der Waals surface area (Å²) in [5.41, 5.74) is 2.83. The first-order chi connectivity index (χ1) is 12.9. The van der Waals surface area contributed by atoms with Gasteiger partial charge in [0.15, 0.2) is 0 Å². The monoisotopic (exact) mass is 387 g/mol. The van der Waals surface area contributed by atoms with Crippen LogP contribution in [-0.2, 0) is 21.2 Å². The highest BCUT2D eigenvalue weighted by Gasteiger charge is 2.23. The highest BCUT2D eigenvalue weighted by atomic mass is 32.2. The van der Waals surface area contributed by atoms with Crippen LogP contribution < -0.4 is 14.9 Å². The van der Waals surface area contributed by atoms with Gasteiger partial charge in [0.05, 0.1) is 11.4 Å². The third-order valence-electron chi connectivity index (χ3n) is 4.37. The van der Waals surface area contributed by atoms with Crippen molar-refractivity contribution in [2.75, 3.05) is 18.0 Å². The minimum atomic E-state index is -3.98. The van der Waals surface area contributed by atoms with Crippen LogP contribution in [0, 0.1) is 6.92 Å². The van der Waals surface area contributed by atoms with Crippen molar-refractivity contribution in [2.24, 2.45) is 0 Å². The van der Waals surface area contributed by atoms with Crippen LogP contribution in [0.2, 0.25) is 0 Å². The predicted molar refractivity (Wildman–Crippen MR) is 102 cm³/mol. The summed E-state index contributed by atoms with van der Waals surface area (Å²) in [6.45, 7) is 2.12. The Bertz CT molecular complexity index is 955. The smallest absolute Gasteiger partial charge is 0.328 e. The van der Waals surface area contributed by atoms with E-state index in [1.165, 1.54) is 12.1 Å². The number of benzene rings is 2. The first kappa shape index (κ1) is 18.9. The number of nitrogens with one attached hydrogen (secondary N) is 2. The van der Waals surface area contributed by atoms with Crippen molar-refractivity contribution in [3.05, 3.63) is 59.7 Å². The number of urea groups is 1. The number of para-hydroxylation sites is 1. The zero-order valence-corrected chi connectivity index (χ0v) is 15.8. The number of nitrogens with zero attached hydrogens (tertiary/aromatic N) is 1. The Labute approximate surface area is 158 Å². The van der Waals surface area contributed by atoms with Gasteiger partial charge in [0.2, 0.25) is 5.91 Å². The average molecular weight is 387 g/mol. The molecule has 2 N–H and O–H groups in total. The summed E-state index contributed by atoms with van der Waals surface area (Å²) >= 11 is 0. The van der Waals surface area contributed by atoms with Crippen molar-refractivity contribution < 1.29 is 18.0 Å². The predicted octanol–water partition coefficient (Wildman–Crippen LogP) is 1.96. The van der Waals surface area contributed by atoms with Gasteiger partial charge in [-0.3, -0.25) is 4.79 Å². The number of fused-ring (bicyclic) bond motifs is 1. The maximum Gasteiger partial charge on any atom is 0.329 e. The molecule has 0 saturated heterocycles. The average Bonchev–Trinajstić information content (AvgIpc) is 2.65. The van der Waals surface area contributed by atoms with E-state index in [2.05, 4.69) is 5.32 Å². The van der Waals surface area contributed by atoms with E-state index in [1.54, 1.807) is 17.0 Å². The third-order valence-corrected chi connectivity index (χ3v) is 5.72. The summed E-state index contributed by atoms with van der Waals surface area (Å²) in [5.74, 6) is -0.287. The van der Waals surface area contributed by atoms with Gasteiger partial charge in [0.25, 0.3) is 10.0 Å². The van der Waals surface area contributed by atoms with Crippen molar-refractivity contribution in [3.8, 4) is 0 Å². The molecule has 3 rings (SSSR count). The number of carbonyl (C=O) groups is 2. The molecule has 2 aromatic rings. The summed E-state index contributed by atoms with van der Waals surface area (Å²) in [5, 5.41) is 2.33. The van der Waals surface area contributed by atoms with Crippen LogP contribution in [0.1, 0.15) is 17.5 Å². The number of carbonyl (C=O) groups excluding carboxylic acids is 2. The number of rotatable bonds is 4. The molecule has 7 nitrogen and oxygen atoms in total. The van der Waals surface area contributed by atoms with E-state index < -0.39 is 16.1 Å². The van der Waals surface area contributed by atoms with Crippen LogP contribution in [0.15, 0.2) is 53.4 Å². The van der Waals surface area contributed by atoms with E-state index >= 15 is 0 Å². The maximum absolute atomic E-state index is 12.5. The van der Waals surface area contributed by atoms with Crippen LogP contribution in [0.3, 0.4) is 0 Å². The highest BCUT2D eigenvalue weighted by molar-refractivity contribution is 7.90. The van der Waals surface area contributed by atoms with Crippen LogP contribution in [0.5, 0.6) is 0 Å². The van der Waals surface area contributed by atoms with Crippen molar-refractivity contribution in [2.45, 2.75) is 24.7 Å². The molecule has 0 spiro atoms. The summed E-state index contributed by atoms with van der Waals surface area (Å²) in [6, 6.07) is 12.8. The molecular weight excluding hydrogens is 366 g/mol. The molecule has 0 bridgehead atoms. The standard InChI is InChI=1S/C19H21N3O4S/c1-14-8-10-16(11-9-14)27(25,26)21-19(24)20-13-18(23)22-12-4-6-15-5-2-3-7-17(15)22/h2-3,5,7-11H,4,6,12-13H2,1H3,(H2,20,21,24). The Morgan fingerprint density at radius 1 is 1.07 bits per heavy atom. The molecule has 0 unspecified atom stereocenters. The molecule has 0 aromatic heterocycles. The summed E-state index contributed by atoms with van der Waals surface area (Å²) in [7, 11) is -3.98. The van der Waals surface area contributed by atoms with Gasteiger partial charge >= 0.3 is 6.03 Å². The Kier molecular flexibility index (Phi) is 5.46. The van der Waals surface area contributed by atoms with Crippen LogP contribution in [0.25, 0.3) is 0 Å². The first-order valence-electron chi connectivity index (χ1n) is 8.62. The molecule has 0 radical (unpaired) electrons. The number of amides is 3. The Balaban J connectivity index is 1.59. The molecule has 27 heavy (non-hydrogen) atoms. The molecule has 3 amide bonds. The van der Waals surface area contributed by atoms with Gasteiger partial charge in [-0.15, -0.1) is 0 Å². The van der Waals surface area contributed by atoms with Crippen molar-refractivity contribution in [1.29, 1.82) is 0 Å². The summed E-state index contributed by atoms with van der Waals surface area (Å²) in [4.78, 5) is 26.0. The lowest BCUT2D eigenvalue weighted by molar-refractivity contribution is -0.117. The molecule has 0 saturated carbocycles. The van der Waals surface area contributed by atoms with E-state index in [0.717, 1.165) is 29.7 Å². The molecule has 8 heteroatoms. The lowest BCUT2D eigenvalue weighted by atomic mass is 10.0. The van der Waals surface area contributed by atoms with Crippen LogP contribution in [0.4, 0.5) is 10.5 Å². The zero-order chi connectivity index (χ0) is 19.4.